The molecular weight excluding hydrogens is 432 g/mol. The average molecular weight is 457 g/mol. The van der Waals surface area contributed by atoms with Gasteiger partial charge in [0.15, 0.2) is 0 Å². The maximum absolute atomic E-state index is 12.9. The van der Waals surface area contributed by atoms with E-state index >= 15 is 0 Å². The zero-order chi connectivity index (χ0) is 23.5. The summed E-state index contributed by atoms with van der Waals surface area (Å²) in [5.74, 6) is -1.92. The predicted molar refractivity (Wildman–Crippen MR) is 111 cm³/mol. The monoisotopic (exact) mass is 457 g/mol. The van der Waals surface area contributed by atoms with Gasteiger partial charge < -0.3 is 14.8 Å². The summed E-state index contributed by atoms with van der Waals surface area (Å²) in [5, 5.41) is 6.51. The summed E-state index contributed by atoms with van der Waals surface area (Å²) < 4.78 is 37.3. The number of anilines is 1. The average Bonchev–Trinajstić information content (AvgIpc) is 3.21. The smallest absolute Gasteiger partial charge is 0.348 e. The van der Waals surface area contributed by atoms with Crippen LogP contribution in [0, 0.1) is 13.8 Å². The second-order valence-corrected chi connectivity index (χ2v) is 8.08. The Kier molecular flexibility index (Phi) is 7.88. The third-order valence-electron chi connectivity index (χ3n) is 4.30. The standard InChI is InChI=1S/C20H25F2N3O5S/c1-7-29-20(28)15-11(5)14(19(27)30-9(2)3)18(31-15)23-17(26)12(6)25-10(4)8-13(24-25)16(21)22/h8-9,12,16H,7H2,1-6H3,(H,23,26). The van der Waals surface area contributed by atoms with Crippen molar-refractivity contribution in [2.24, 2.45) is 0 Å². The number of carbonyl (C=O) groups is 3. The van der Waals surface area contributed by atoms with Crippen molar-refractivity contribution < 1.29 is 32.6 Å². The highest BCUT2D eigenvalue weighted by atomic mass is 32.1. The van der Waals surface area contributed by atoms with Crippen molar-refractivity contribution in [3.05, 3.63) is 33.5 Å². The van der Waals surface area contributed by atoms with Crippen LogP contribution in [0.1, 0.15) is 77.1 Å². The highest BCUT2D eigenvalue weighted by Crippen LogP contribution is 2.35. The Bertz CT molecular complexity index is 984. The number of hydrogen-bond donors (Lipinski definition) is 1. The summed E-state index contributed by atoms with van der Waals surface area (Å²) in [6, 6.07) is 0.253. The van der Waals surface area contributed by atoms with E-state index in [2.05, 4.69) is 10.4 Å². The van der Waals surface area contributed by atoms with E-state index < -0.39 is 42.1 Å². The number of hydrogen-bond acceptors (Lipinski definition) is 7. The van der Waals surface area contributed by atoms with Gasteiger partial charge in [-0.2, -0.15) is 5.10 Å². The van der Waals surface area contributed by atoms with Crippen LogP contribution >= 0.6 is 11.3 Å². The number of aromatic nitrogens is 2. The summed E-state index contributed by atoms with van der Waals surface area (Å²) in [7, 11) is 0. The van der Waals surface area contributed by atoms with Crippen molar-refractivity contribution in [2.45, 2.75) is 60.1 Å². The van der Waals surface area contributed by atoms with Crippen LogP contribution in [0.4, 0.5) is 13.8 Å². The number of amides is 1. The van der Waals surface area contributed by atoms with Crippen LogP contribution in [-0.2, 0) is 14.3 Å². The summed E-state index contributed by atoms with van der Waals surface area (Å²) in [4.78, 5) is 37.9. The van der Waals surface area contributed by atoms with Crippen LogP contribution in [-0.4, -0.2) is 40.3 Å². The fourth-order valence-electron chi connectivity index (χ4n) is 2.85. The van der Waals surface area contributed by atoms with E-state index in [0.29, 0.717) is 11.3 Å². The number of aryl methyl sites for hydroxylation is 1. The van der Waals surface area contributed by atoms with Gasteiger partial charge in [-0.15, -0.1) is 11.3 Å². The molecule has 2 aromatic rings. The summed E-state index contributed by atoms with van der Waals surface area (Å²) >= 11 is 0.888. The minimum atomic E-state index is -2.76. The number of ether oxygens (including phenoxy) is 2. The molecule has 0 aromatic carbocycles. The van der Waals surface area contributed by atoms with Crippen LogP contribution in [0.5, 0.6) is 0 Å². The Morgan fingerprint density at radius 2 is 1.84 bits per heavy atom. The highest BCUT2D eigenvalue weighted by molar-refractivity contribution is 7.18. The molecule has 31 heavy (non-hydrogen) atoms. The molecular formula is C20H25F2N3O5S. The number of halogens is 2. The lowest BCUT2D eigenvalue weighted by atomic mass is 10.1. The van der Waals surface area contributed by atoms with Crippen molar-refractivity contribution in [1.29, 1.82) is 0 Å². The molecule has 2 aromatic heterocycles. The molecule has 170 valence electrons. The number of thiophene rings is 1. The topological polar surface area (TPSA) is 99.5 Å². The molecule has 0 spiro atoms. The van der Waals surface area contributed by atoms with E-state index in [4.69, 9.17) is 9.47 Å². The largest absolute Gasteiger partial charge is 0.462 e. The van der Waals surface area contributed by atoms with Crippen molar-refractivity contribution in [1.82, 2.24) is 9.78 Å². The molecule has 2 rings (SSSR count). The van der Waals surface area contributed by atoms with E-state index in [0.717, 1.165) is 11.3 Å². The zero-order valence-corrected chi connectivity index (χ0v) is 18.9. The Morgan fingerprint density at radius 1 is 1.19 bits per heavy atom. The second-order valence-electron chi connectivity index (χ2n) is 7.06. The second kappa shape index (κ2) is 9.99. The Hall–Kier alpha value is -2.82. The van der Waals surface area contributed by atoms with Gasteiger partial charge >= 0.3 is 11.9 Å². The van der Waals surface area contributed by atoms with E-state index in [1.54, 1.807) is 34.6 Å². The molecule has 0 aliphatic carbocycles. The number of alkyl halides is 2. The molecule has 0 saturated heterocycles. The van der Waals surface area contributed by atoms with Gasteiger partial charge in [-0.1, -0.05) is 0 Å². The molecule has 0 fully saturated rings. The minimum Gasteiger partial charge on any atom is -0.462 e. The van der Waals surface area contributed by atoms with Crippen LogP contribution < -0.4 is 5.32 Å². The molecule has 0 bridgehead atoms. The third-order valence-corrected chi connectivity index (χ3v) is 5.49. The Balaban J connectivity index is 2.39. The van der Waals surface area contributed by atoms with Gasteiger partial charge in [0.05, 0.1) is 18.3 Å². The van der Waals surface area contributed by atoms with Gasteiger partial charge in [0.2, 0.25) is 5.91 Å². The minimum absolute atomic E-state index is 0.0489. The molecule has 1 amide bonds. The quantitative estimate of drug-likeness (QED) is 0.589. The molecule has 1 unspecified atom stereocenters. The molecule has 1 atom stereocenters. The molecule has 0 aliphatic rings. The Labute approximate surface area is 182 Å². The maximum atomic E-state index is 12.9. The number of carbonyl (C=O) groups excluding carboxylic acids is 3. The first kappa shape index (κ1) is 24.4. The van der Waals surface area contributed by atoms with E-state index in [9.17, 15) is 23.2 Å². The first-order valence-corrected chi connectivity index (χ1v) is 10.5. The van der Waals surface area contributed by atoms with Crippen molar-refractivity contribution in [2.75, 3.05) is 11.9 Å². The molecule has 0 saturated carbocycles. The lowest BCUT2D eigenvalue weighted by Crippen LogP contribution is -2.26. The lowest BCUT2D eigenvalue weighted by molar-refractivity contribution is -0.119. The van der Waals surface area contributed by atoms with Crippen LogP contribution in [0.2, 0.25) is 0 Å². The zero-order valence-electron chi connectivity index (χ0n) is 18.1. The maximum Gasteiger partial charge on any atom is 0.348 e. The van der Waals surface area contributed by atoms with Gasteiger partial charge in [-0.25, -0.2) is 18.4 Å². The summed E-state index contributed by atoms with van der Waals surface area (Å²) in [5.41, 5.74) is 0.321. The van der Waals surface area contributed by atoms with E-state index in [1.165, 1.54) is 17.7 Å². The fourth-order valence-corrected chi connectivity index (χ4v) is 3.94. The molecule has 0 radical (unpaired) electrons. The SMILES string of the molecule is CCOC(=O)c1sc(NC(=O)C(C)n2nc(C(F)F)cc2C)c(C(=O)OC(C)C)c1C. The van der Waals surface area contributed by atoms with E-state index in [-0.39, 0.29) is 22.0 Å². The van der Waals surface area contributed by atoms with E-state index in [1.807, 2.05) is 0 Å². The van der Waals surface area contributed by atoms with Crippen molar-refractivity contribution in [3.63, 3.8) is 0 Å². The number of rotatable bonds is 8. The molecule has 1 N–H and O–H groups in total. The van der Waals surface area contributed by atoms with Crippen molar-refractivity contribution >= 4 is 34.2 Å². The number of esters is 2. The van der Waals surface area contributed by atoms with Gasteiger partial charge in [-0.3, -0.25) is 9.48 Å². The first-order chi connectivity index (χ1) is 14.5. The summed E-state index contributed by atoms with van der Waals surface area (Å²) in [6.45, 7) is 9.75. The summed E-state index contributed by atoms with van der Waals surface area (Å²) in [6.07, 6.45) is -3.18. The van der Waals surface area contributed by atoms with Gasteiger partial charge in [0, 0.05) is 5.69 Å². The Morgan fingerprint density at radius 3 is 2.35 bits per heavy atom. The predicted octanol–water partition coefficient (Wildman–Crippen LogP) is 4.44. The fraction of sp³-hybridized carbons (Fsp3) is 0.500. The van der Waals surface area contributed by atoms with Crippen LogP contribution in [0.3, 0.4) is 0 Å². The van der Waals surface area contributed by atoms with Crippen molar-refractivity contribution in [3.8, 4) is 0 Å². The van der Waals surface area contributed by atoms with Gasteiger partial charge in [0.1, 0.15) is 21.6 Å². The third kappa shape index (κ3) is 5.46. The highest BCUT2D eigenvalue weighted by Gasteiger charge is 2.29. The van der Waals surface area contributed by atoms with Crippen LogP contribution in [0.25, 0.3) is 0 Å². The van der Waals surface area contributed by atoms with Crippen LogP contribution in [0.15, 0.2) is 6.07 Å². The number of nitrogens with one attached hydrogen (secondary N) is 1. The normalized spacial score (nSPS) is 12.2. The molecule has 11 heteroatoms. The lowest BCUT2D eigenvalue weighted by Gasteiger charge is -2.15. The molecule has 2 heterocycles. The molecule has 0 aliphatic heterocycles. The first-order valence-electron chi connectivity index (χ1n) is 9.64. The number of nitrogens with zero attached hydrogens (tertiary/aromatic N) is 2. The molecule has 8 nitrogen and oxygen atoms in total. The van der Waals surface area contributed by atoms with Gasteiger partial charge in [0.25, 0.3) is 6.43 Å². The van der Waals surface area contributed by atoms with Gasteiger partial charge in [-0.05, 0) is 53.2 Å².